The highest BCUT2D eigenvalue weighted by atomic mass is 17.0. The van der Waals surface area contributed by atoms with E-state index in [-0.39, 0.29) is 17.5 Å². The first-order valence-electron chi connectivity index (χ1n) is 6.11. The van der Waals surface area contributed by atoms with E-state index in [0.29, 0.717) is 12.8 Å². The molecule has 1 aromatic carbocycles. The maximum atomic E-state index is 11.6. The SMILES string of the molecule is COC12OC(=O)CCC(C)(c3ccccc3)C1O2. The van der Waals surface area contributed by atoms with E-state index in [4.69, 9.17) is 14.2 Å². The Morgan fingerprint density at radius 2 is 2.06 bits per heavy atom. The van der Waals surface area contributed by atoms with Crippen molar-refractivity contribution in [2.24, 2.45) is 0 Å². The topological polar surface area (TPSA) is 48.1 Å². The lowest BCUT2D eigenvalue weighted by Gasteiger charge is -2.26. The Kier molecular flexibility index (Phi) is 2.47. The molecule has 4 nitrogen and oxygen atoms in total. The summed E-state index contributed by atoms with van der Waals surface area (Å²) < 4.78 is 16.1. The van der Waals surface area contributed by atoms with Gasteiger partial charge in [0.15, 0.2) is 6.10 Å². The van der Waals surface area contributed by atoms with Crippen molar-refractivity contribution in [3.05, 3.63) is 35.9 Å². The van der Waals surface area contributed by atoms with Crippen molar-refractivity contribution in [2.45, 2.75) is 37.3 Å². The monoisotopic (exact) mass is 248 g/mol. The highest BCUT2D eigenvalue weighted by Gasteiger charge is 2.71. The van der Waals surface area contributed by atoms with Crippen molar-refractivity contribution in [3.8, 4) is 0 Å². The first-order chi connectivity index (χ1) is 8.61. The molecule has 0 bridgehead atoms. The summed E-state index contributed by atoms with van der Waals surface area (Å²) in [6, 6.07) is 10.1. The molecule has 3 unspecified atom stereocenters. The van der Waals surface area contributed by atoms with Crippen LogP contribution in [0.5, 0.6) is 0 Å². The van der Waals surface area contributed by atoms with Gasteiger partial charge in [-0.1, -0.05) is 37.3 Å². The Hall–Kier alpha value is -1.39. The smallest absolute Gasteiger partial charge is 0.358 e. The van der Waals surface area contributed by atoms with E-state index in [0.717, 1.165) is 5.56 Å². The maximum absolute atomic E-state index is 11.6. The van der Waals surface area contributed by atoms with Crippen LogP contribution in [0.2, 0.25) is 0 Å². The molecule has 0 amide bonds. The van der Waals surface area contributed by atoms with Gasteiger partial charge in [0.1, 0.15) is 0 Å². The number of ether oxygens (including phenoxy) is 3. The second-order valence-electron chi connectivity index (χ2n) is 5.06. The van der Waals surface area contributed by atoms with Crippen molar-refractivity contribution < 1.29 is 19.0 Å². The lowest BCUT2D eigenvalue weighted by molar-refractivity contribution is -0.214. The highest BCUT2D eigenvalue weighted by Crippen LogP contribution is 2.54. The summed E-state index contributed by atoms with van der Waals surface area (Å²) in [5.41, 5.74) is 0.885. The minimum absolute atomic E-state index is 0.233. The summed E-state index contributed by atoms with van der Waals surface area (Å²) in [7, 11) is 1.50. The molecule has 3 atom stereocenters. The van der Waals surface area contributed by atoms with Crippen LogP contribution in [0.25, 0.3) is 0 Å². The molecular weight excluding hydrogens is 232 g/mol. The Labute approximate surface area is 106 Å². The number of epoxide rings is 1. The molecule has 0 spiro atoms. The summed E-state index contributed by atoms with van der Waals surface area (Å²) in [6.07, 6.45) is 0.853. The fourth-order valence-corrected chi connectivity index (χ4v) is 2.74. The Morgan fingerprint density at radius 1 is 1.33 bits per heavy atom. The third kappa shape index (κ3) is 1.56. The molecule has 2 fully saturated rings. The molecule has 0 N–H and O–H groups in total. The molecule has 1 aromatic rings. The van der Waals surface area contributed by atoms with Crippen LogP contribution in [-0.4, -0.2) is 25.2 Å². The molecular formula is C14H16O4. The van der Waals surface area contributed by atoms with Gasteiger partial charge in [-0.25, -0.2) is 0 Å². The second kappa shape index (κ2) is 3.80. The number of methoxy groups -OCH3 is 1. The average Bonchev–Trinajstić information content (AvgIpc) is 3.13. The van der Waals surface area contributed by atoms with Crippen LogP contribution in [0.3, 0.4) is 0 Å². The second-order valence-corrected chi connectivity index (χ2v) is 5.06. The van der Waals surface area contributed by atoms with Gasteiger partial charge in [-0.2, -0.15) is 0 Å². The minimum atomic E-state index is -1.17. The molecule has 18 heavy (non-hydrogen) atoms. The van der Waals surface area contributed by atoms with Gasteiger partial charge in [-0.15, -0.1) is 0 Å². The van der Waals surface area contributed by atoms with Gasteiger partial charge in [0.05, 0.1) is 0 Å². The van der Waals surface area contributed by atoms with Crippen LogP contribution >= 0.6 is 0 Å². The number of carbonyl (C=O) groups is 1. The summed E-state index contributed by atoms with van der Waals surface area (Å²) in [6.45, 7) is 2.09. The van der Waals surface area contributed by atoms with Crippen LogP contribution < -0.4 is 0 Å². The van der Waals surface area contributed by atoms with E-state index in [1.165, 1.54) is 7.11 Å². The standard InChI is InChI=1S/C14H16O4/c1-13(10-6-4-3-5-7-10)9-8-11(15)17-14(16-2)12(13)18-14/h3-7,12H,8-9H2,1-2H3. The molecule has 2 aliphatic heterocycles. The zero-order valence-corrected chi connectivity index (χ0v) is 10.5. The number of carbonyl (C=O) groups excluding carboxylic acids is 1. The van der Waals surface area contributed by atoms with Crippen LogP contribution in [0.1, 0.15) is 25.3 Å². The number of hydrogen-bond donors (Lipinski definition) is 0. The Bertz CT molecular complexity index is 472. The van der Waals surface area contributed by atoms with Gasteiger partial charge < -0.3 is 14.2 Å². The number of rotatable bonds is 2. The quantitative estimate of drug-likeness (QED) is 0.593. The molecule has 96 valence electrons. The fourth-order valence-electron chi connectivity index (χ4n) is 2.74. The van der Waals surface area contributed by atoms with Crippen molar-refractivity contribution in [3.63, 3.8) is 0 Å². The maximum Gasteiger partial charge on any atom is 0.358 e. The summed E-state index contributed by atoms with van der Waals surface area (Å²) in [5.74, 6) is -1.43. The number of esters is 1. The van der Waals surface area contributed by atoms with Crippen molar-refractivity contribution in [1.29, 1.82) is 0 Å². The van der Waals surface area contributed by atoms with E-state index in [2.05, 4.69) is 19.1 Å². The number of benzene rings is 1. The summed E-state index contributed by atoms with van der Waals surface area (Å²) >= 11 is 0. The van der Waals surface area contributed by atoms with E-state index in [1.54, 1.807) is 0 Å². The lowest BCUT2D eigenvalue weighted by atomic mass is 9.75. The summed E-state index contributed by atoms with van der Waals surface area (Å²) in [5, 5.41) is 0. The van der Waals surface area contributed by atoms with Crippen molar-refractivity contribution >= 4 is 5.97 Å². The molecule has 0 radical (unpaired) electrons. The van der Waals surface area contributed by atoms with Crippen LogP contribution in [0.4, 0.5) is 0 Å². The Balaban J connectivity index is 1.99. The van der Waals surface area contributed by atoms with Gasteiger partial charge in [0, 0.05) is 18.9 Å². The molecule has 3 rings (SSSR count). The molecule has 0 aliphatic carbocycles. The molecule has 2 aliphatic rings. The zero-order chi connectivity index (χ0) is 12.8. The summed E-state index contributed by atoms with van der Waals surface area (Å²) in [4.78, 5) is 11.6. The normalized spacial score (nSPS) is 38.6. The fraction of sp³-hybridized carbons (Fsp3) is 0.500. The highest BCUT2D eigenvalue weighted by molar-refractivity contribution is 5.71. The minimum Gasteiger partial charge on any atom is -0.405 e. The van der Waals surface area contributed by atoms with E-state index < -0.39 is 5.97 Å². The van der Waals surface area contributed by atoms with E-state index in [9.17, 15) is 4.79 Å². The number of hydrogen-bond acceptors (Lipinski definition) is 4. The molecule has 0 aromatic heterocycles. The van der Waals surface area contributed by atoms with Crippen LogP contribution in [0, 0.1) is 0 Å². The van der Waals surface area contributed by atoms with E-state index in [1.807, 2.05) is 18.2 Å². The van der Waals surface area contributed by atoms with Gasteiger partial charge >= 0.3 is 11.9 Å². The van der Waals surface area contributed by atoms with Gasteiger partial charge in [-0.3, -0.25) is 4.79 Å². The third-order valence-electron chi connectivity index (χ3n) is 3.95. The Morgan fingerprint density at radius 3 is 2.72 bits per heavy atom. The average molecular weight is 248 g/mol. The van der Waals surface area contributed by atoms with Gasteiger partial charge in [-0.05, 0) is 12.0 Å². The third-order valence-corrected chi connectivity index (χ3v) is 3.95. The first kappa shape index (κ1) is 11.7. The molecule has 0 saturated carbocycles. The predicted molar refractivity (Wildman–Crippen MR) is 63.7 cm³/mol. The molecule has 4 heteroatoms. The largest absolute Gasteiger partial charge is 0.405 e. The van der Waals surface area contributed by atoms with Gasteiger partial charge in [0.25, 0.3) is 0 Å². The van der Waals surface area contributed by atoms with E-state index >= 15 is 0 Å². The van der Waals surface area contributed by atoms with Crippen molar-refractivity contribution in [2.75, 3.05) is 7.11 Å². The van der Waals surface area contributed by atoms with Crippen LogP contribution in [0.15, 0.2) is 30.3 Å². The van der Waals surface area contributed by atoms with Gasteiger partial charge in [0.2, 0.25) is 0 Å². The number of fused-ring (bicyclic) bond motifs is 1. The first-order valence-corrected chi connectivity index (χ1v) is 6.11. The van der Waals surface area contributed by atoms with Crippen molar-refractivity contribution in [1.82, 2.24) is 0 Å². The molecule has 2 saturated heterocycles. The van der Waals surface area contributed by atoms with Crippen LogP contribution in [-0.2, 0) is 24.4 Å². The zero-order valence-electron chi connectivity index (χ0n) is 10.5. The molecule has 2 heterocycles. The predicted octanol–water partition coefficient (Wildman–Crippen LogP) is 1.98. The lowest BCUT2D eigenvalue weighted by Crippen LogP contribution is -2.34.